The second-order valence-corrected chi connectivity index (χ2v) is 8.96. The zero-order chi connectivity index (χ0) is 20.5. The van der Waals surface area contributed by atoms with Gasteiger partial charge in [-0.15, -0.1) is 0 Å². The van der Waals surface area contributed by atoms with Crippen molar-refractivity contribution >= 4 is 23.4 Å². The molecule has 1 unspecified atom stereocenters. The predicted octanol–water partition coefficient (Wildman–Crippen LogP) is 3.53. The molecule has 28 heavy (non-hydrogen) atoms. The van der Waals surface area contributed by atoms with E-state index in [0.29, 0.717) is 17.9 Å². The minimum absolute atomic E-state index is 0.0258. The summed E-state index contributed by atoms with van der Waals surface area (Å²) in [4.78, 5) is 42.0. The number of anilines is 1. The average Bonchev–Trinajstić information content (AvgIpc) is 3.23. The Bertz CT molecular complexity index is 745. The number of rotatable bonds is 5. The first-order chi connectivity index (χ1) is 13.2. The monoisotopic (exact) mass is 386 g/mol. The number of imide groups is 1. The summed E-state index contributed by atoms with van der Waals surface area (Å²) in [7, 11) is 1.57. The topological polar surface area (TPSA) is 66.9 Å². The number of amides is 3. The van der Waals surface area contributed by atoms with E-state index >= 15 is 0 Å². The van der Waals surface area contributed by atoms with Crippen LogP contribution in [0.25, 0.3) is 0 Å². The van der Waals surface area contributed by atoms with Crippen LogP contribution in [-0.4, -0.2) is 41.8 Å². The van der Waals surface area contributed by atoms with Gasteiger partial charge in [0.15, 0.2) is 0 Å². The van der Waals surface area contributed by atoms with Crippen LogP contribution in [0.4, 0.5) is 5.69 Å². The van der Waals surface area contributed by atoms with Crippen LogP contribution in [0.1, 0.15) is 59.3 Å². The summed E-state index contributed by atoms with van der Waals surface area (Å²) in [5, 5.41) is 0. The maximum absolute atomic E-state index is 13.2. The molecule has 0 radical (unpaired) electrons. The fraction of sp³-hybridized carbons (Fsp3) is 0.591. The van der Waals surface area contributed by atoms with Gasteiger partial charge >= 0.3 is 0 Å². The number of carbonyl (C=O) groups excluding carboxylic acids is 3. The van der Waals surface area contributed by atoms with E-state index in [0.717, 1.165) is 25.7 Å². The summed E-state index contributed by atoms with van der Waals surface area (Å²) in [5.74, 6) is 0.0745. The molecule has 3 amide bonds. The summed E-state index contributed by atoms with van der Waals surface area (Å²) in [5.41, 5.74) is 0.350. The lowest BCUT2D eigenvalue weighted by atomic mass is 9.90. The third-order valence-electron chi connectivity index (χ3n) is 5.48. The number of nitrogens with zero attached hydrogens (tertiary/aromatic N) is 2. The molecule has 0 spiro atoms. The van der Waals surface area contributed by atoms with Gasteiger partial charge in [-0.1, -0.05) is 33.6 Å². The lowest BCUT2D eigenvalue weighted by Crippen LogP contribution is -2.50. The predicted molar refractivity (Wildman–Crippen MR) is 107 cm³/mol. The van der Waals surface area contributed by atoms with E-state index in [4.69, 9.17) is 4.74 Å². The fourth-order valence-corrected chi connectivity index (χ4v) is 4.20. The largest absolute Gasteiger partial charge is 0.497 e. The van der Waals surface area contributed by atoms with Crippen LogP contribution in [0.3, 0.4) is 0 Å². The summed E-state index contributed by atoms with van der Waals surface area (Å²) >= 11 is 0. The highest BCUT2D eigenvalue weighted by Gasteiger charge is 2.47. The van der Waals surface area contributed by atoms with Gasteiger partial charge in [0.2, 0.25) is 11.8 Å². The van der Waals surface area contributed by atoms with Gasteiger partial charge in [0, 0.05) is 12.5 Å². The van der Waals surface area contributed by atoms with Gasteiger partial charge in [0.1, 0.15) is 11.8 Å². The highest BCUT2D eigenvalue weighted by atomic mass is 16.5. The molecule has 1 aromatic rings. The van der Waals surface area contributed by atoms with Crippen molar-refractivity contribution < 1.29 is 19.1 Å². The van der Waals surface area contributed by atoms with Crippen molar-refractivity contribution in [2.75, 3.05) is 12.0 Å². The Balaban J connectivity index is 1.87. The van der Waals surface area contributed by atoms with E-state index in [9.17, 15) is 14.4 Å². The SMILES string of the molecule is COc1ccc(N2C(=O)CC(N(C(=O)CC(C)(C)C)C3CCCC3)C2=O)cc1. The molecular formula is C22H30N2O4. The fourth-order valence-electron chi connectivity index (χ4n) is 4.20. The molecule has 0 bridgehead atoms. The minimum Gasteiger partial charge on any atom is -0.497 e. The molecular weight excluding hydrogens is 356 g/mol. The van der Waals surface area contributed by atoms with E-state index < -0.39 is 6.04 Å². The van der Waals surface area contributed by atoms with Crippen LogP contribution in [0, 0.1) is 5.41 Å². The van der Waals surface area contributed by atoms with E-state index in [1.54, 1.807) is 36.3 Å². The van der Waals surface area contributed by atoms with Gasteiger partial charge in [0.05, 0.1) is 19.2 Å². The Labute approximate surface area is 166 Å². The van der Waals surface area contributed by atoms with Crippen molar-refractivity contribution in [2.24, 2.45) is 5.41 Å². The molecule has 152 valence electrons. The van der Waals surface area contributed by atoms with Gasteiger partial charge in [0.25, 0.3) is 5.91 Å². The van der Waals surface area contributed by atoms with E-state index in [1.165, 1.54) is 4.90 Å². The van der Waals surface area contributed by atoms with Crippen LogP contribution in [0.2, 0.25) is 0 Å². The molecule has 6 nitrogen and oxygen atoms in total. The first-order valence-electron chi connectivity index (χ1n) is 10.0. The smallest absolute Gasteiger partial charge is 0.257 e. The molecule has 1 saturated heterocycles. The van der Waals surface area contributed by atoms with Crippen molar-refractivity contribution in [3.05, 3.63) is 24.3 Å². The van der Waals surface area contributed by atoms with Gasteiger partial charge in [-0.3, -0.25) is 14.4 Å². The second-order valence-electron chi connectivity index (χ2n) is 8.96. The number of hydrogen-bond acceptors (Lipinski definition) is 4. The summed E-state index contributed by atoms with van der Waals surface area (Å²) in [6, 6.07) is 6.20. The standard InChI is InChI=1S/C22H30N2O4/c1-22(2,3)14-20(26)23(15-7-5-6-8-15)18-13-19(25)24(21(18)27)16-9-11-17(28-4)12-10-16/h9-12,15,18H,5-8,13-14H2,1-4H3. The Kier molecular flexibility index (Phi) is 5.77. The quantitative estimate of drug-likeness (QED) is 0.726. The molecule has 1 heterocycles. The van der Waals surface area contributed by atoms with Crippen LogP contribution in [0.5, 0.6) is 5.75 Å². The molecule has 1 saturated carbocycles. The zero-order valence-corrected chi connectivity index (χ0v) is 17.2. The van der Waals surface area contributed by atoms with Gasteiger partial charge < -0.3 is 9.64 Å². The maximum Gasteiger partial charge on any atom is 0.257 e. The van der Waals surface area contributed by atoms with Crippen LogP contribution < -0.4 is 9.64 Å². The van der Waals surface area contributed by atoms with Crippen LogP contribution >= 0.6 is 0 Å². The van der Waals surface area contributed by atoms with E-state index in [1.807, 2.05) is 20.8 Å². The van der Waals surface area contributed by atoms with Crippen molar-refractivity contribution in [2.45, 2.75) is 71.4 Å². The molecule has 2 aliphatic rings. The zero-order valence-electron chi connectivity index (χ0n) is 17.2. The molecule has 0 aromatic heterocycles. The molecule has 6 heteroatoms. The van der Waals surface area contributed by atoms with Crippen molar-refractivity contribution in [1.82, 2.24) is 4.90 Å². The summed E-state index contributed by atoms with van der Waals surface area (Å²) < 4.78 is 5.15. The molecule has 1 aliphatic carbocycles. The number of methoxy groups -OCH3 is 1. The first kappa shape index (κ1) is 20.4. The summed E-state index contributed by atoms with van der Waals surface area (Å²) in [6.45, 7) is 6.05. The normalized spacial score (nSPS) is 20.7. The van der Waals surface area contributed by atoms with Gasteiger partial charge in [-0.25, -0.2) is 4.90 Å². The number of hydrogen-bond donors (Lipinski definition) is 0. The number of ether oxygens (including phenoxy) is 1. The van der Waals surface area contributed by atoms with Crippen LogP contribution in [0.15, 0.2) is 24.3 Å². The Hall–Kier alpha value is -2.37. The Morgan fingerprint density at radius 2 is 1.75 bits per heavy atom. The van der Waals surface area contributed by atoms with Gasteiger partial charge in [-0.05, 0) is 42.5 Å². The lowest BCUT2D eigenvalue weighted by Gasteiger charge is -2.35. The molecule has 3 rings (SSSR count). The van der Waals surface area contributed by atoms with Crippen molar-refractivity contribution in [3.8, 4) is 5.75 Å². The van der Waals surface area contributed by atoms with Gasteiger partial charge in [-0.2, -0.15) is 0 Å². The molecule has 1 aromatic carbocycles. The second kappa shape index (κ2) is 7.94. The minimum atomic E-state index is -0.701. The summed E-state index contributed by atoms with van der Waals surface area (Å²) in [6.07, 6.45) is 4.33. The number of benzene rings is 1. The lowest BCUT2D eigenvalue weighted by molar-refractivity contribution is -0.142. The van der Waals surface area contributed by atoms with E-state index in [2.05, 4.69) is 0 Å². The highest BCUT2D eigenvalue weighted by molar-refractivity contribution is 6.23. The first-order valence-corrected chi connectivity index (χ1v) is 10.0. The van der Waals surface area contributed by atoms with Crippen molar-refractivity contribution in [3.63, 3.8) is 0 Å². The number of carbonyl (C=O) groups is 3. The maximum atomic E-state index is 13.2. The third kappa shape index (κ3) is 4.21. The molecule has 2 fully saturated rings. The third-order valence-corrected chi connectivity index (χ3v) is 5.48. The molecule has 0 N–H and O–H groups in total. The Morgan fingerprint density at radius 1 is 1.14 bits per heavy atom. The van der Waals surface area contributed by atoms with E-state index in [-0.39, 0.29) is 35.6 Å². The average molecular weight is 386 g/mol. The molecule has 1 atom stereocenters. The van der Waals surface area contributed by atoms with Crippen LogP contribution in [-0.2, 0) is 14.4 Å². The van der Waals surface area contributed by atoms with Crippen molar-refractivity contribution in [1.29, 1.82) is 0 Å². The molecule has 1 aliphatic heterocycles. The Morgan fingerprint density at radius 3 is 2.29 bits per heavy atom. The highest BCUT2D eigenvalue weighted by Crippen LogP contribution is 2.34.